The smallest absolute Gasteiger partial charge is 0.209 e. The minimum absolute atomic E-state index is 0.112. The fourth-order valence-corrected chi connectivity index (χ4v) is 6.94. The number of likely N-dealkylation sites (N-methyl/N-ethyl adjacent to an activating group) is 1. The fraction of sp³-hybridized carbons (Fsp3) is 0.216. The molecule has 0 bridgehead atoms. The molecule has 2 heteroatoms. The van der Waals surface area contributed by atoms with Crippen LogP contribution in [0.2, 0.25) is 0 Å². The van der Waals surface area contributed by atoms with Crippen LogP contribution in [0.4, 0.5) is 11.4 Å². The highest BCUT2D eigenvalue weighted by Crippen LogP contribution is 2.49. The Morgan fingerprint density at radius 1 is 0.667 bits per heavy atom. The van der Waals surface area contributed by atoms with Crippen LogP contribution in [-0.2, 0) is 23.7 Å². The SMILES string of the molecule is CN1C(=CC=CC2=[N+](C)c3ccccc3C2(C)Cc2ccccc2)C(C)(Cc2ccccc2)c2ccccc21. The molecule has 0 N–H and O–H groups in total. The van der Waals surface area contributed by atoms with Crippen LogP contribution in [0.5, 0.6) is 0 Å². The van der Waals surface area contributed by atoms with Crippen molar-refractivity contribution < 1.29 is 4.58 Å². The van der Waals surface area contributed by atoms with Gasteiger partial charge in [-0.25, -0.2) is 0 Å². The molecule has 0 radical (unpaired) electrons. The normalized spacial score (nSPS) is 23.1. The molecule has 0 aromatic heterocycles. The topological polar surface area (TPSA) is 6.25 Å². The average Bonchev–Trinajstić information content (AvgIpc) is 3.30. The van der Waals surface area contributed by atoms with Crippen molar-refractivity contribution >= 4 is 17.1 Å². The predicted molar refractivity (Wildman–Crippen MR) is 164 cm³/mol. The van der Waals surface area contributed by atoms with Gasteiger partial charge in [0.1, 0.15) is 7.05 Å². The molecule has 2 nitrogen and oxygen atoms in total. The van der Waals surface area contributed by atoms with E-state index in [1.165, 1.54) is 45.0 Å². The molecule has 194 valence electrons. The number of hydrogen-bond donors (Lipinski definition) is 0. The maximum atomic E-state index is 2.40. The van der Waals surface area contributed by atoms with Crippen molar-refractivity contribution in [2.45, 2.75) is 37.5 Å². The van der Waals surface area contributed by atoms with Gasteiger partial charge in [-0.2, -0.15) is 4.58 Å². The second-order valence-electron chi connectivity index (χ2n) is 11.4. The first-order valence-corrected chi connectivity index (χ1v) is 13.9. The van der Waals surface area contributed by atoms with E-state index < -0.39 is 0 Å². The lowest BCUT2D eigenvalue weighted by Crippen LogP contribution is -2.33. The van der Waals surface area contributed by atoms with Gasteiger partial charge in [-0.05, 0) is 55.5 Å². The van der Waals surface area contributed by atoms with Crippen LogP contribution in [0.15, 0.2) is 133 Å². The van der Waals surface area contributed by atoms with Crippen molar-refractivity contribution in [3.8, 4) is 0 Å². The maximum absolute atomic E-state index is 2.40. The summed E-state index contributed by atoms with van der Waals surface area (Å²) in [5, 5.41) is 0. The highest BCUT2D eigenvalue weighted by molar-refractivity contribution is 6.03. The summed E-state index contributed by atoms with van der Waals surface area (Å²) in [6.45, 7) is 4.79. The molecule has 2 unspecified atom stereocenters. The Morgan fingerprint density at radius 2 is 1.21 bits per heavy atom. The molecule has 2 heterocycles. The van der Waals surface area contributed by atoms with Gasteiger partial charge < -0.3 is 4.90 Å². The molecule has 0 aliphatic carbocycles. The van der Waals surface area contributed by atoms with Crippen molar-refractivity contribution in [2.24, 2.45) is 0 Å². The second kappa shape index (κ2) is 9.85. The van der Waals surface area contributed by atoms with Gasteiger partial charge in [-0.15, -0.1) is 0 Å². The van der Waals surface area contributed by atoms with E-state index in [1.54, 1.807) is 0 Å². The summed E-state index contributed by atoms with van der Waals surface area (Å²) >= 11 is 0. The minimum Gasteiger partial charge on any atom is -0.347 e. The predicted octanol–water partition coefficient (Wildman–Crippen LogP) is 8.01. The molecule has 2 aliphatic rings. The summed E-state index contributed by atoms with van der Waals surface area (Å²) in [4.78, 5) is 2.38. The van der Waals surface area contributed by atoms with Gasteiger partial charge >= 0.3 is 0 Å². The van der Waals surface area contributed by atoms with Crippen LogP contribution in [0, 0.1) is 0 Å². The zero-order valence-electron chi connectivity index (χ0n) is 23.4. The number of nitrogens with zero attached hydrogens (tertiary/aromatic N) is 2. The zero-order chi connectivity index (χ0) is 27.0. The molecule has 0 spiro atoms. The maximum Gasteiger partial charge on any atom is 0.209 e. The van der Waals surface area contributed by atoms with Gasteiger partial charge in [0.2, 0.25) is 5.69 Å². The summed E-state index contributed by atoms with van der Waals surface area (Å²) in [5.74, 6) is 0. The number of anilines is 1. The molecule has 4 aromatic carbocycles. The van der Waals surface area contributed by atoms with Crippen LogP contribution in [0.1, 0.15) is 36.1 Å². The molecule has 0 saturated carbocycles. The van der Waals surface area contributed by atoms with E-state index in [0.717, 1.165) is 12.8 Å². The Kier molecular flexibility index (Phi) is 6.35. The molecular weight excluding hydrogens is 472 g/mol. The van der Waals surface area contributed by atoms with Gasteiger partial charge in [0.05, 0.1) is 5.41 Å². The lowest BCUT2D eigenvalue weighted by molar-refractivity contribution is -0.401. The molecule has 2 atom stereocenters. The lowest BCUT2D eigenvalue weighted by atomic mass is 9.74. The Labute approximate surface area is 233 Å². The van der Waals surface area contributed by atoms with Crippen molar-refractivity contribution in [1.82, 2.24) is 0 Å². The van der Waals surface area contributed by atoms with E-state index >= 15 is 0 Å². The molecule has 6 rings (SSSR count). The van der Waals surface area contributed by atoms with Crippen molar-refractivity contribution in [3.63, 3.8) is 0 Å². The minimum atomic E-state index is -0.112. The summed E-state index contributed by atoms with van der Waals surface area (Å²) in [6.07, 6.45) is 8.89. The molecule has 2 aliphatic heterocycles. The Hall–Kier alpha value is -4.17. The Bertz CT molecular complexity index is 1600. The van der Waals surface area contributed by atoms with Crippen LogP contribution >= 0.6 is 0 Å². The van der Waals surface area contributed by atoms with Gasteiger partial charge in [-0.3, -0.25) is 0 Å². The van der Waals surface area contributed by atoms with Gasteiger partial charge in [-0.1, -0.05) is 103 Å². The van der Waals surface area contributed by atoms with E-state index in [0.29, 0.717) is 0 Å². The van der Waals surface area contributed by atoms with E-state index in [-0.39, 0.29) is 10.8 Å². The Morgan fingerprint density at radius 3 is 1.87 bits per heavy atom. The molecular formula is C37H37N2+. The van der Waals surface area contributed by atoms with Gasteiger partial charge in [0.15, 0.2) is 5.71 Å². The van der Waals surface area contributed by atoms with Crippen LogP contribution in [0.25, 0.3) is 0 Å². The number of allylic oxidation sites excluding steroid dienone is 4. The average molecular weight is 510 g/mol. The monoisotopic (exact) mass is 509 g/mol. The summed E-state index contributed by atoms with van der Waals surface area (Å²) < 4.78 is 2.38. The van der Waals surface area contributed by atoms with Crippen molar-refractivity contribution in [2.75, 3.05) is 19.0 Å². The first-order chi connectivity index (χ1) is 18.9. The number of hydrogen-bond acceptors (Lipinski definition) is 1. The number of fused-ring (bicyclic) bond motifs is 2. The highest BCUT2D eigenvalue weighted by Gasteiger charge is 2.46. The Balaban J connectivity index is 1.40. The van der Waals surface area contributed by atoms with E-state index in [4.69, 9.17) is 0 Å². The van der Waals surface area contributed by atoms with Crippen LogP contribution in [0.3, 0.4) is 0 Å². The fourth-order valence-electron chi connectivity index (χ4n) is 6.94. The third-order valence-electron chi connectivity index (χ3n) is 8.88. The lowest BCUT2D eigenvalue weighted by Gasteiger charge is -2.29. The number of para-hydroxylation sites is 2. The first-order valence-electron chi connectivity index (χ1n) is 13.9. The number of benzene rings is 4. The summed E-state index contributed by atoms with van der Waals surface area (Å²) in [6, 6.07) is 39.5. The van der Waals surface area contributed by atoms with E-state index in [9.17, 15) is 0 Å². The molecule has 4 aromatic rings. The molecule has 39 heavy (non-hydrogen) atoms. The van der Waals surface area contributed by atoms with Crippen LogP contribution < -0.4 is 4.90 Å². The third kappa shape index (κ3) is 4.25. The van der Waals surface area contributed by atoms with Crippen molar-refractivity contribution in [1.29, 1.82) is 0 Å². The second-order valence-corrected chi connectivity index (χ2v) is 11.4. The zero-order valence-corrected chi connectivity index (χ0v) is 23.4. The standard InChI is InChI=1S/C37H37N2/c1-36(26-28-16-7-5-8-17-28)30-20-11-13-22-32(30)38(3)34(36)24-15-25-35-37(2,27-29-18-9-6-10-19-29)31-21-12-14-23-33(31)39(35)4/h5-25H,26-27H2,1-4H3/q+1. The molecule has 0 saturated heterocycles. The third-order valence-corrected chi connectivity index (χ3v) is 8.88. The van der Waals surface area contributed by atoms with E-state index in [1.807, 2.05) is 0 Å². The first kappa shape index (κ1) is 25.1. The molecule has 0 fully saturated rings. The van der Waals surface area contributed by atoms with Gasteiger partial charge in [0.25, 0.3) is 0 Å². The quantitative estimate of drug-likeness (QED) is 0.239. The summed E-state index contributed by atoms with van der Waals surface area (Å²) in [5.41, 5.74) is 10.5. The largest absolute Gasteiger partial charge is 0.347 e. The van der Waals surface area contributed by atoms with Crippen molar-refractivity contribution in [3.05, 3.63) is 155 Å². The highest BCUT2D eigenvalue weighted by atomic mass is 15.2. The van der Waals surface area contributed by atoms with Crippen LogP contribution in [-0.4, -0.2) is 24.4 Å². The number of rotatable bonds is 6. The molecule has 0 amide bonds. The summed E-state index contributed by atoms with van der Waals surface area (Å²) in [7, 11) is 4.41. The van der Waals surface area contributed by atoms with E-state index in [2.05, 4.69) is 165 Å². The van der Waals surface area contributed by atoms with Gasteiger partial charge in [0, 0.05) is 41.6 Å².